The van der Waals surface area contributed by atoms with Crippen molar-refractivity contribution < 1.29 is 14.4 Å². The first-order valence-electron chi connectivity index (χ1n) is 6.89. The topological polar surface area (TPSA) is 63.2 Å². The fourth-order valence-electron chi connectivity index (χ4n) is 2.44. The van der Waals surface area contributed by atoms with Crippen molar-refractivity contribution in [2.75, 3.05) is 0 Å². The Bertz CT molecular complexity index is 520. The molecular formula is C16H19NO3. The van der Waals surface area contributed by atoms with Crippen LogP contribution in [0.2, 0.25) is 0 Å². The summed E-state index contributed by atoms with van der Waals surface area (Å²) < 4.78 is 0. The summed E-state index contributed by atoms with van der Waals surface area (Å²) in [4.78, 5) is 34.8. The van der Waals surface area contributed by atoms with Crippen LogP contribution in [0.15, 0.2) is 35.6 Å². The molecule has 2 aliphatic rings. The first-order valence-corrected chi connectivity index (χ1v) is 6.89. The Labute approximate surface area is 118 Å². The molecule has 1 unspecified atom stereocenters. The third-order valence-corrected chi connectivity index (χ3v) is 3.62. The van der Waals surface area contributed by atoms with Crippen molar-refractivity contribution in [2.24, 2.45) is 5.92 Å². The average Bonchev–Trinajstić information content (AvgIpc) is 2.38. The van der Waals surface area contributed by atoms with Gasteiger partial charge in [0.05, 0.1) is 5.57 Å². The van der Waals surface area contributed by atoms with Crippen LogP contribution < -0.4 is 5.32 Å². The predicted octanol–water partition coefficient (Wildman–Crippen LogP) is 1.87. The first-order chi connectivity index (χ1) is 9.47. The van der Waals surface area contributed by atoms with Gasteiger partial charge in [-0.1, -0.05) is 25.2 Å². The molecule has 0 aromatic heterocycles. The number of carbonyl (C=O) groups excluding carboxylic acids is 3. The summed E-state index contributed by atoms with van der Waals surface area (Å²) in [6.07, 6.45) is 8.61. The lowest BCUT2D eigenvalue weighted by Gasteiger charge is -2.20. The lowest BCUT2D eigenvalue weighted by Crippen LogP contribution is -2.29. The number of ketones is 3. The Balaban J connectivity index is 1.97. The second-order valence-corrected chi connectivity index (χ2v) is 5.50. The molecule has 20 heavy (non-hydrogen) atoms. The van der Waals surface area contributed by atoms with Crippen LogP contribution >= 0.6 is 0 Å². The largest absolute Gasteiger partial charge is 0.384 e. The monoisotopic (exact) mass is 273 g/mol. The Morgan fingerprint density at radius 1 is 1.30 bits per heavy atom. The molecule has 0 spiro atoms. The van der Waals surface area contributed by atoms with Gasteiger partial charge < -0.3 is 5.32 Å². The van der Waals surface area contributed by atoms with E-state index >= 15 is 0 Å². The van der Waals surface area contributed by atoms with E-state index in [0.29, 0.717) is 24.8 Å². The van der Waals surface area contributed by atoms with Crippen LogP contribution in [0.4, 0.5) is 0 Å². The van der Waals surface area contributed by atoms with Crippen LogP contribution in [-0.2, 0) is 14.4 Å². The summed E-state index contributed by atoms with van der Waals surface area (Å²) in [7, 11) is 0. The van der Waals surface area contributed by atoms with Gasteiger partial charge in [0, 0.05) is 30.7 Å². The number of rotatable bonds is 3. The van der Waals surface area contributed by atoms with Gasteiger partial charge in [-0.05, 0) is 19.3 Å². The van der Waals surface area contributed by atoms with Crippen LogP contribution in [0.25, 0.3) is 0 Å². The Hall–Kier alpha value is -1.97. The van der Waals surface area contributed by atoms with Gasteiger partial charge in [0.2, 0.25) is 0 Å². The fraction of sp³-hybridized carbons (Fsp3) is 0.438. The van der Waals surface area contributed by atoms with Crippen molar-refractivity contribution >= 4 is 17.3 Å². The molecule has 0 saturated heterocycles. The molecule has 0 aromatic carbocycles. The van der Waals surface area contributed by atoms with E-state index in [1.165, 1.54) is 13.1 Å². The van der Waals surface area contributed by atoms with Crippen LogP contribution in [0, 0.1) is 5.92 Å². The Kier molecular flexibility index (Phi) is 4.32. The van der Waals surface area contributed by atoms with Gasteiger partial charge in [-0.2, -0.15) is 0 Å². The summed E-state index contributed by atoms with van der Waals surface area (Å²) >= 11 is 0. The molecule has 4 heteroatoms. The quantitative estimate of drug-likeness (QED) is 0.630. The molecule has 4 nitrogen and oxygen atoms in total. The molecule has 2 rings (SSSR count). The average molecular weight is 273 g/mol. The van der Waals surface area contributed by atoms with Crippen molar-refractivity contribution in [1.29, 1.82) is 0 Å². The molecule has 1 N–H and O–H groups in total. The van der Waals surface area contributed by atoms with Crippen molar-refractivity contribution in [2.45, 2.75) is 39.2 Å². The van der Waals surface area contributed by atoms with E-state index < -0.39 is 0 Å². The Morgan fingerprint density at radius 3 is 2.45 bits per heavy atom. The number of nitrogens with one attached hydrogen (secondary N) is 1. The molecule has 2 aliphatic carbocycles. The van der Waals surface area contributed by atoms with Gasteiger partial charge in [0.25, 0.3) is 0 Å². The SMILES string of the molecule is CC(=O)C1=CCC(NC=C2C(=O)CC(C)CC2=O)C=C1. The molecule has 1 saturated carbocycles. The van der Waals surface area contributed by atoms with E-state index in [1.807, 2.05) is 19.1 Å². The van der Waals surface area contributed by atoms with Crippen LogP contribution in [0.1, 0.15) is 33.1 Å². The van der Waals surface area contributed by atoms with Gasteiger partial charge in [-0.15, -0.1) is 0 Å². The molecule has 0 bridgehead atoms. The van der Waals surface area contributed by atoms with E-state index in [9.17, 15) is 14.4 Å². The summed E-state index contributed by atoms with van der Waals surface area (Å²) in [6.45, 7) is 3.45. The molecule has 1 atom stereocenters. The van der Waals surface area contributed by atoms with E-state index in [1.54, 1.807) is 6.08 Å². The van der Waals surface area contributed by atoms with Crippen molar-refractivity contribution in [1.82, 2.24) is 5.32 Å². The van der Waals surface area contributed by atoms with E-state index in [4.69, 9.17) is 0 Å². The summed E-state index contributed by atoms with van der Waals surface area (Å²) in [6, 6.07) is 0.0190. The minimum Gasteiger partial charge on any atom is -0.384 e. The molecule has 0 radical (unpaired) electrons. The van der Waals surface area contributed by atoms with Crippen LogP contribution in [-0.4, -0.2) is 23.4 Å². The van der Waals surface area contributed by atoms with Crippen LogP contribution in [0.3, 0.4) is 0 Å². The van der Waals surface area contributed by atoms with E-state index in [0.717, 1.165) is 0 Å². The van der Waals surface area contributed by atoms with Crippen molar-refractivity contribution in [3.05, 3.63) is 35.6 Å². The zero-order chi connectivity index (χ0) is 14.7. The minimum atomic E-state index is -0.0824. The van der Waals surface area contributed by atoms with Gasteiger partial charge in [0.15, 0.2) is 17.3 Å². The fourth-order valence-corrected chi connectivity index (χ4v) is 2.44. The standard InChI is InChI=1S/C16H19NO3/c1-10-7-15(19)14(16(20)8-10)9-17-13-5-3-12(4-6-13)11(2)18/h3-5,9-10,13,17H,6-8H2,1-2H3. The third kappa shape index (κ3) is 3.32. The maximum absolute atomic E-state index is 11.8. The lowest BCUT2D eigenvalue weighted by atomic mass is 9.85. The van der Waals surface area contributed by atoms with E-state index in [2.05, 4.69) is 5.32 Å². The predicted molar refractivity (Wildman–Crippen MR) is 75.9 cm³/mol. The number of allylic oxidation sites excluding steroid dienone is 3. The number of Topliss-reactive ketones (excluding diaryl/α,β-unsaturated/α-hetero) is 3. The molecular weight excluding hydrogens is 254 g/mol. The first kappa shape index (κ1) is 14.4. The number of carbonyl (C=O) groups is 3. The second-order valence-electron chi connectivity index (χ2n) is 5.50. The van der Waals surface area contributed by atoms with Gasteiger partial charge in [-0.3, -0.25) is 14.4 Å². The minimum absolute atomic E-state index is 0.0190. The molecule has 0 heterocycles. The van der Waals surface area contributed by atoms with Crippen molar-refractivity contribution in [3.8, 4) is 0 Å². The summed E-state index contributed by atoms with van der Waals surface area (Å²) in [5.74, 6) is 0.0227. The molecule has 0 aromatic rings. The van der Waals surface area contributed by atoms with Gasteiger partial charge in [-0.25, -0.2) is 0 Å². The Morgan fingerprint density at radius 2 is 1.95 bits per heavy atom. The zero-order valence-corrected chi connectivity index (χ0v) is 11.8. The highest BCUT2D eigenvalue weighted by Crippen LogP contribution is 2.22. The number of hydrogen-bond donors (Lipinski definition) is 1. The molecule has 106 valence electrons. The number of hydrogen-bond acceptors (Lipinski definition) is 4. The smallest absolute Gasteiger partial charge is 0.168 e. The molecule has 0 amide bonds. The van der Waals surface area contributed by atoms with Gasteiger partial charge >= 0.3 is 0 Å². The maximum Gasteiger partial charge on any atom is 0.168 e. The van der Waals surface area contributed by atoms with Crippen molar-refractivity contribution in [3.63, 3.8) is 0 Å². The zero-order valence-electron chi connectivity index (χ0n) is 11.8. The summed E-state index contributed by atoms with van der Waals surface area (Å²) in [5.41, 5.74) is 0.979. The third-order valence-electron chi connectivity index (χ3n) is 3.62. The lowest BCUT2D eigenvalue weighted by molar-refractivity contribution is -0.125. The normalized spacial score (nSPS) is 26.3. The second kappa shape index (κ2) is 5.99. The van der Waals surface area contributed by atoms with Crippen LogP contribution in [0.5, 0.6) is 0 Å². The highest BCUT2D eigenvalue weighted by molar-refractivity contribution is 6.21. The molecule has 0 aliphatic heterocycles. The highest BCUT2D eigenvalue weighted by Gasteiger charge is 2.27. The molecule has 1 fully saturated rings. The summed E-state index contributed by atoms with van der Waals surface area (Å²) in [5, 5.41) is 3.08. The maximum atomic E-state index is 11.8. The highest BCUT2D eigenvalue weighted by atomic mass is 16.2. The van der Waals surface area contributed by atoms with Gasteiger partial charge in [0.1, 0.15) is 0 Å². The van der Waals surface area contributed by atoms with E-state index in [-0.39, 0.29) is 34.9 Å².